The van der Waals surface area contributed by atoms with Crippen molar-refractivity contribution in [3.63, 3.8) is 0 Å². The van der Waals surface area contributed by atoms with E-state index in [1.54, 1.807) is 6.07 Å². The average molecular weight is 414 g/mol. The number of hydrogen-bond acceptors (Lipinski definition) is 5. The third-order valence-corrected chi connectivity index (χ3v) is 5.33. The highest BCUT2D eigenvalue weighted by Crippen LogP contribution is 2.21. The lowest BCUT2D eigenvalue weighted by molar-refractivity contribution is 0.0449. The van der Waals surface area contributed by atoms with Gasteiger partial charge in [-0.05, 0) is 56.3 Å². The highest BCUT2D eigenvalue weighted by molar-refractivity contribution is 7.89. The number of benzene rings is 2. The molecule has 8 heteroatoms. The van der Waals surface area contributed by atoms with E-state index >= 15 is 0 Å². The maximum atomic E-state index is 12.5. The lowest BCUT2D eigenvalue weighted by Crippen LogP contribution is -2.14. The van der Waals surface area contributed by atoms with Gasteiger partial charge in [0.15, 0.2) is 0 Å². The van der Waals surface area contributed by atoms with Crippen LogP contribution in [0, 0.1) is 13.8 Å². The molecule has 2 N–H and O–H groups in total. The SMILES string of the molecule is Cc1cc(C(=O)OCCOc2ccc(S(N)(=O)=O)cc2)c(C)n1-c1ccccc1. The summed E-state index contributed by atoms with van der Waals surface area (Å²) in [6.45, 7) is 4.01. The molecule has 0 saturated carbocycles. The summed E-state index contributed by atoms with van der Waals surface area (Å²) in [6, 6.07) is 17.3. The van der Waals surface area contributed by atoms with Gasteiger partial charge in [-0.3, -0.25) is 0 Å². The Morgan fingerprint density at radius 3 is 2.28 bits per heavy atom. The predicted octanol–water partition coefficient (Wildman–Crippen LogP) is 2.98. The summed E-state index contributed by atoms with van der Waals surface area (Å²) in [5.74, 6) is 0.0316. The van der Waals surface area contributed by atoms with Gasteiger partial charge < -0.3 is 14.0 Å². The fourth-order valence-corrected chi connectivity index (χ4v) is 3.56. The number of para-hydroxylation sites is 1. The number of carbonyl (C=O) groups excluding carboxylic acids is 1. The Hall–Kier alpha value is -3.10. The van der Waals surface area contributed by atoms with Crippen LogP contribution in [0.25, 0.3) is 5.69 Å². The normalized spacial score (nSPS) is 11.3. The quantitative estimate of drug-likeness (QED) is 0.473. The molecule has 0 unspecified atom stereocenters. The second-order valence-corrected chi connectivity index (χ2v) is 8.02. The summed E-state index contributed by atoms with van der Waals surface area (Å²) in [6.07, 6.45) is 0. The molecule has 0 amide bonds. The summed E-state index contributed by atoms with van der Waals surface area (Å²) in [7, 11) is -3.74. The molecule has 0 aliphatic heterocycles. The smallest absolute Gasteiger partial charge is 0.340 e. The van der Waals surface area contributed by atoms with Crippen LogP contribution in [0.4, 0.5) is 0 Å². The van der Waals surface area contributed by atoms with Crippen molar-refractivity contribution in [3.8, 4) is 11.4 Å². The molecule has 0 fully saturated rings. The molecule has 152 valence electrons. The first kappa shape index (κ1) is 20.6. The Morgan fingerprint density at radius 2 is 1.66 bits per heavy atom. The summed E-state index contributed by atoms with van der Waals surface area (Å²) in [5.41, 5.74) is 3.22. The molecule has 0 aliphatic rings. The maximum absolute atomic E-state index is 12.5. The summed E-state index contributed by atoms with van der Waals surface area (Å²) < 4.78 is 35.3. The van der Waals surface area contributed by atoms with Gasteiger partial charge >= 0.3 is 5.97 Å². The van der Waals surface area contributed by atoms with Crippen LogP contribution in [0.1, 0.15) is 21.7 Å². The van der Waals surface area contributed by atoms with E-state index in [4.69, 9.17) is 14.6 Å². The minimum Gasteiger partial charge on any atom is -0.490 e. The van der Waals surface area contributed by atoms with Crippen molar-refractivity contribution in [2.45, 2.75) is 18.7 Å². The van der Waals surface area contributed by atoms with E-state index in [1.165, 1.54) is 24.3 Å². The molecule has 3 aromatic rings. The Labute approximate surface area is 169 Å². The minimum atomic E-state index is -3.74. The van der Waals surface area contributed by atoms with Crippen molar-refractivity contribution in [1.82, 2.24) is 4.57 Å². The van der Waals surface area contributed by atoms with E-state index < -0.39 is 16.0 Å². The fourth-order valence-electron chi connectivity index (χ4n) is 3.04. The van der Waals surface area contributed by atoms with Crippen LogP contribution < -0.4 is 9.88 Å². The van der Waals surface area contributed by atoms with Gasteiger partial charge in [0.05, 0.1) is 10.5 Å². The lowest BCUT2D eigenvalue weighted by atomic mass is 10.2. The van der Waals surface area contributed by atoms with Gasteiger partial charge in [-0.1, -0.05) is 18.2 Å². The molecular formula is C21H22N2O5S. The van der Waals surface area contributed by atoms with E-state index in [9.17, 15) is 13.2 Å². The molecule has 29 heavy (non-hydrogen) atoms. The lowest BCUT2D eigenvalue weighted by Gasteiger charge is -2.10. The first-order valence-electron chi connectivity index (χ1n) is 8.94. The van der Waals surface area contributed by atoms with Crippen LogP contribution in [0.3, 0.4) is 0 Å². The summed E-state index contributed by atoms with van der Waals surface area (Å²) in [5, 5.41) is 5.05. The maximum Gasteiger partial charge on any atom is 0.340 e. The van der Waals surface area contributed by atoms with E-state index in [2.05, 4.69) is 0 Å². The zero-order valence-electron chi connectivity index (χ0n) is 16.2. The van der Waals surface area contributed by atoms with Gasteiger partial charge in [-0.25, -0.2) is 18.4 Å². The minimum absolute atomic E-state index is 0.00468. The highest BCUT2D eigenvalue weighted by atomic mass is 32.2. The number of hydrogen-bond donors (Lipinski definition) is 1. The molecule has 2 aromatic carbocycles. The molecule has 3 rings (SSSR count). The molecule has 1 heterocycles. The van der Waals surface area contributed by atoms with Crippen LogP contribution in [0.2, 0.25) is 0 Å². The second kappa shape index (κ2) is 8.50. The van der Waals surface area contributed by atoms with Crippen LogP contribution in [0.15, 0.2) is 65.6 Å². The first-order chi connectivity index (χ1) is 13.8. The number of carbonyl (C=O) groups is 1. The number of ether oxygens (including phenoxy) is 2. The topological polar surface area (TPSA) is 101 Å². The van der Waals surface area contributed by atoms with Crippen LogP contribution in [0.5, 0.6) is 5.75 Å². The molecule has 0 bridgehead atoms. The van der Waals surface area contributed by atoms with Gasteiger partial charge in [0.25, 0.3) is 0 Å². The zero-order valence-corrected chi connectivity index (χ0v) is 17.0. The fraction of sp³-hybridized carbons (Fsp3) is 0.190. The molecule has 1 aromatic heterocycles. The van der Waals surface area contributed by atoms with Crippen molar-refractivity contribution in [2.75, 3.05) is 13.2 Å². The zero-order chi connectivity index (χ0) is 21.0. The monoisotopic (exact) mass is 414 g/mol. The van der Waals surface area contributed by atoms with E-state index in [1.807, 2.05) is 48.7 Å². The van der Waals surface area contributed by atoms with Crippen LogP contribution >= 0.6 is 0 Å². The third kappa shape index (κ3) is 4.85. The Kier molecular flexibility index (Phi) is 6.05. The number of aromatic nitrogens is 1. The summed E-state index contributed by atoms with van der Waals surface area (Å²) in [4.78, 5) is 12.5. The standard InChI is InChI=1S/C21H22N2O5S/c1-15-14-20(16(2)23(15)17-6-4-3-5-7-17)21(24)28-13-12-27-18-8-10-19(11-9-18)29(22,25)26/h3-11,14H,12-13H2,1-2H3,(H2,22,25,26). The first-order valence-corrected chi connectivity index (χ1v) is 10.5. The van der Waals surface area contributed by atoms with E-state index in [-0.39, 0.29) is 18.1 Å². The van der Waals surface area contributed by atoms with Crippen molar-refractivity contribution in [3.05, 3.63) is 77.6 Å². The van der Waals surface area contributed by atoms with Crippen molar-refractivity contribution < 1.29 is 22.7 Å². The molecule has 0 spiro atoms. The highest BCUT2D eigenvalue weighted by Gasteiger charge is 2.17. The van der Waals surface area contributed by atoms with Gasteiger partial charge in [-0.15, -0.1) is 0 Å². The Balaban J connectivity index is 1.58. The van der Waals surface area contributed by atoms with Gasteiger partial charge in [-0.2, -0.15) is 0 Å². The van der Waals surface area contributed by atoms with E-state index in [0.29, 0.717) is 11.3 Å². The largest absolute Gasteiger partial charge is 0.490 e. The predicted molar refractivity (Wildman–Crippen MR) is 109 cm³/mol. The Morgan fingerprint density at radius 1 is 1.00 bits per heavy atom. The number of aryl methyl sites for hydroxylation is 1. The van der Waals surface area contributed by atoms with Gasteiger partial charge in [0.2, 0.25) is 10.0 Å². The molecule has 0 atom stereocenters. The third-order valence-electron chi connectivity index (χ3n) is 4.40. The van der Waals surface area contributed by atoms with Crippen LogP contribution in [-0.2, 0) is 14.8 Å². The number of nitrogens with zero attached hydrogens (tertiary/aromatic N) is 1. The number of esters is 1. The van der Waals surface area contributed by atoms with Crippen molar-refractivity contribution >= 4 is 16.0 Å². The van der Waals surface area contributed by atoms with Gasteiger partial charge in [0.1, 0.15) is 19.0 Å². The number of nitrogens with two attached hydrogens (primary N) is 1. The second-order valence-electron chi connectivity index (χ2n) is 6.46. The average Bonchev–Trinajstić information content (AvgIpc) is 2.99. The number of sulfonamides is 1. The number of rotatable bonds is 7. The van der Waals surface area contributed by atoms with Crippen molar-refractivity contribution in [1.29, 1.82) is 0 Å². The number of primary sulfonamides is 1. The van der Waals surface area contributed by atoms with E-state index in [0.717, 1.165) is 17.1 Å². The van der Waals surface area contributed by atoms with Crippen molar-refractivity contribution in [2.24, 2.45) is 5.14 Å². The molecule has 0 aliphatic carbocycles. The molecule has 0 radical (unpaired) electrons. The molecule has 0 saturated heterocycles. The Bertz CT molecular complexity index is 1100. The van der Waals surface area contributed by atoms with Gasteiger partial charge in [0, 0.05) is 17.1 Å². The van der Waals surface area contributed by atoms with Crippen LogP contribution in [-0.4, -0.2) is 32.2 Å². The molecule has 7 nitrogen and oxygen atoms in total. The molecular weight excluding hydrogens is 392 g/mol. The summed E-state index contributed by atoms with van der Waals surface area (Å²) >= 11 is 0.